The van der Waals surface area contributed by atoms with E-state index in [9.17, 15) is 5.26 Å². The number of ether oxygens (including phenoxy) is 1. The van der Waals surface area contributed by atoms with E-state index >= 15 is 0 Å². The van der Waals surface area contributed by atoms with Crippen LogP contribution in [0.3, 0.4) is 0 Å². The van der Waals surface area contributed by atoms with Gasteiger partial charge in [-0.1, -0.05) is 29.3 Å². The van der Waals surface area contributed by atoms with Crippen LogP contribution in [0.15, 0.2) is 29.4 Å². The summed E-state index contributed by atoms with van der Waals surface area (Å²) >= 11 is 12.1. The number of aryl methyl sites for hydroxylation is 1. The lowest BCUT2D eigenvalue weighted by Gasteiger charge is -2.09. The molecule has 2 rings (SSSR count). The lowest BCUT2D eigenvalue weighted by Crippen LogP contribution is -2.03. The highest BCUT2D eigenvalue weighted by atomic mass is 35.5. The largest absolute Gasteiger partial charge is 0.380 e. The van der Waals surface area contributed by atoms with Gasteiger partial charge in [0.15, 0.2) is 5.82 Å². The molecular formula is C16H14Cl2N4O. The van der Waals surface area contributed by atoms with E-state index in [4.69, 9.17) is 27.9 Å². The Labute approximate surface area is 144 Å². The van der Waals surface area contributed by atoms with Gasteiger partial charge in [-0.3, -0.25) is 5.43 Å². The molecule has 0 bridgehead atoms. The summed E-state index contributed by atoms with van der Waals surface area (Å²) < 4.78 is 5.11. The van der Waals surface area contributed by atoms with Crippen LogP contribution in [0.4, 0.5) is 5.82 Å². The summed E-state index contributed by atoms with van der Waals surface area (Å²) in [6.45, 7) is 2.15. The zero-order chi connectivity index (χ0) is 16.8. The molecule has 0 aliphatic heterocycles. The number of nitrogens with one attached hydrogen (secondary N) is 1. The Morgan fingerprint density at radius 2 is 2.09 bits per heavy atom. The molecule has 1 heterocycles. The van der Waals surface area contributed by atoms with Crippen LogP contribution in [0.25, 0.3) is 0 Å². The number of anilines is 1. The number of benzene rings is 1. The summed E-state index contributed by atoms with van der Waals surface area (Å²) in [7, 11) is 1.57. The summed E-state index contributed by atoms with van der Waals surface area (Å²) in [6.07, 6.45) is 1.49. The molecule has 23 heavy (non-hydrogen) atoms. The van der Waals surface area contributed by atoms with Crippen molar-refractivity contribution in [2.45, 2.75) is 13.5 Å². The Balaban J connectivity index is 2.30. The van der Waals surface area contributed by atoms with Crippen molar-refractivity contribution >= 4 is 35.2 Å². The lowest BCUT2D eigenvalue weighted by molar-refractivity contribution is 0.184. The molecule has 0 radical (unpaired) electrons. The third-order valence-corrected chi connectivity index (χ3v) is 3.66. The SMILES string of the molecule is COCc1cc(C)nc(N/N=C/c2c(Cl)cccc2Cl)c1C#N. The maximum absolute atomic E-state index is 9.34. The molecule has 0 saturated heterocycles. The van der Waals surface area contributed by atoms with Crippen molar-refractivity contribution in [3.63, 3.8) is 0 Å². The van der Waals surface area contributed by atoms with Crippen LogP contribution in [-0.2, 0) is 11.3 Å². The van der Waals surface area contributed by atoms with Crippen molar-refractivity contribution in [2.75, 3.05) is 12.5 Å². The van der Waals surface area contributed by atoms with E-state index in [1.54, 1.807) is 25.3 Å². The summed E-state index contributed by atoms with van der Waals surface area (Å²) in [5, 5.41) is 14.4. The Kier molecular flexibility index (Phi) is 5.94. The van der Waals surface area contributed by atoms with E-state index in [1.165, 1.54) is 6.21 Å². The molecule has 1 aromatic heterocycles. The fourth-order valence-corrected chi connectivity index (χ4v) is 2.50. The Hall–Kier alpha value is -2.13. The number of hydrogen-bond acceptors (Lipinski definition) is 5. The standard InChI is InChI=1S/C16H14Cl2N4O/c1-10-6-11(9-23-2)12(7-19)16(21-10)22-20-8-13-14(17)4-3-5-15(13)18/h3-6,8H,9H2,1-2H3,(H,21,22)/b20-8+. The van der Waals surface area contributed by atoms with Crippen molar-refractivity contribution in [3.8, 4) is 6.07 Å². The molecule has 0 unspecified atom stereocenters. The number of aromatic nitrogens is 1. The van der Waals surface area contributed by atoms with Crippen LogP contribution in [0, 0.1) is 18.3 Å². The Morgan fingerprint density at radius 3 is 2.70 bits per heavy atom. The smallest absolute Gasteiger partial charge is 0.164 e. The van der Waals surface area contributed by atoms with Crippen LogP contribution >= 0.6 is 23.2 Å². The van der Waals surface area contributed by atoms with E-state index in [-0.39, 0.29) is 0 Å². The Bertz CT molecular complexity index is 764. The van der Waals surface area contributed by atoms with Gasteiger partial charge in [0.25, 0.3) is 0 Å². The average molecular weight is 349 g/mol. The zero-order valence-electron chi connectivity index (χ0n) is 12.6. The molecule has 0 aliphatic carbocycles. The number of pyridine rings is 1. The molecule has 2 aromatic rings. The molecular weight excluding hydrogens is 335 g/mol. The molecule has 7 heteroatoms. The second kappa shape index (κ2) is 7.93. The topological polar surface area (TPSA) is 70.3 Å². The molecule has 1 aromatic carbocycles. The van der Waals surface area contributed by atoms with Gasteiger partial charge < -0.3 is 4.74 Å². The van der Waals surface area contributed by atoms with Crippen LogP contribution in [-0.4, -0.2) is 18.3 Å². The van der Waals surface area contributed by atoms with Crippen LogP contribution in [0.2, 0.25) is 10.0 Å². The molecule has 5 nitrogen and oxygen atoms in total. The molecule has 0 fully saturated rings. The number of methoxy groups -OCH3 is 1. The molecule has 0 aliphatic rings. The van der Waals surface area contributed by atoms with Gasteiger partial charge in [0.1, 0.15) is 11.6 Å². The predicted molar refractivity (Wildman–Crippen MR) is 92.1 cm³/mol. The van der Waals surface area contributed by atoms with Gasteiger partial charge in [0.05, 0.1) is 22.9 Å². The van der Waals surface area contributed by atoms with Crippen molar-refractivity contribution < 1.29 is 4.74 Å². The van der Waals surface area contributed by atoms with E-state index < -0.39 is 0 Å². The number of hydrazone groups is 1. The van der Waals surface area contributed by atoms with Gasteiger partial charge >= 0.3 is 0 Å². The molecule has 0 spiro atoms. The summed E-state index contributed by atoms with van der Waals surface area (Å²) in [6, 6.07) is 9.12. The Morgan fingerprint density at radius 1 is 1.39 bits per heavy atom. The maximum atomic E-state index is 9.34. The van der Waals surface area contributed by atoms with Gasteiger partial charge in [0, 0.05) is 23.9 Å². The van der Waals surface area contributed by atoms with Crippen LogP contribution in [0.5, 0.6) is 0 Å². The first kappa shape index (κ1) is 17.2. The van der Waals surface area contributed by atoms with Crippen molar-refractivity contribution in [1.29, 1.82) is 5.26 Å². The van der Waals surface area contributed by atoms with Gasteiger partial charge in [0.2, 0.25) is 0 Å². The molecule has 0 saturated carbocycles. The molecule has 1 N–H and O–H groups in total. The third-order valence-electron chi connectivity index (χ3n) is 3.00. The van der Waals surface area contributed by atoms with Gasteiger partial charge in [-0.25, -0.2) is 4.98 Å². The van der Waals surface area contributed by atoms with Crippen molar-refractivity contribution in [2.24, 2.45) is 5.10 Å². The van der Waals surface area contributed by atoms with Gasteiger partial charge in [-0.15, -0.1) is 0 Å². The molecule has 0 amide bonds. The number of rotatable bonds is 5. The summed E-state index contributed by atoms with van der Waals surface area (Å²) in [5.41, 5.74) is 5.25. The molecule has 0 atom stereocenters. The highest BCUT2D eigenvalue weighted by Gasteiger charge is 2.11. The number of hydrogen-bond donors (Lipinski definition) is 1. The number of nitriles is 1. The van der Waals surface area contributed by atoms with E-state index in [0.717, 1.165) is 11.3 Å². The second-order valence-electron chi connectivity index (χ2n) is 4.70. The average Bonchev–Trinajstić information content (AvgIpc) is 2.50. The van der Waals surface area contributed by atoms with Crippen molar-refractivity contribution in [3.05, 3.63) is 56.7 Å². The quantitative estimate of drug-likeness (QED) is 0.650. The van der Waals surface area contributed by atoms with Gasteiger partial charge in [-0.05, 0) is 25.1 Å². The van der Waals surface area contributed by atoms with Gasteiger partial charge in [-0.2, -0.15) is 10.4 Å². The lowest BCUT2D eigenvalue weighted by atomic mass is 10.1. The van der Waals surface area contributed by atoms with E-state index in [1.807, 2.05) is 13.0 Å². The third kappa shape index (κ3) is 4.20. The second-order valence-corrected chi connectivity index (χ2v) is 5.51. The first-order valence-corrected chi connectivity index (χ1v) is 7.45. The maximum Gasteiger partial charge on any atom is 0.164 e. The van der Waals surface area contributed by atoms with E-state index in [2.05, 4.69) is 21.6 Å². The van der Waals surface area contributed by atoms with Crippen LogP contribution < -0.4 is 5.43 Å². The van der Waals surface area contributed by atoms with E-state index in [0.29, 0.717) is 33.6 Å². The van der Waals surface area contributed by atoms with Crippen molar-refractivity contribution in [1.82, 2.24) is 4.98 Å². The predicted octanol–water partition coefficient (Wildman–Crippen LogP) is 4.16. The highest BCUT2D eigenvalue weighted by Crippen LogP contribution is 2.23. The summed E-state index contributed by atoms with van der Waals surface area (Å²) in [4.78, 5) is 4.29. The minimum Gasteiger partial charge on any atom is -0.380 e. The minimum absolute atomic E-state index is 0.320. The normalized spacial score (nSPS) is 10.7. The fraction of sp³-hybridized carbons (Fsp3) is 0.188. The monoisotopic (exact) mass is 348 g/mol. The fourth-order valence-electron chi connectivity index (χ4n) is 2.01. The first-order valence-electron chi connectivity index (χ1n) is 6.69. The summed E-state index contributed by atoms with van der Waals surface area (Å²) in [5.74, 6) is 0.360. The highest BCUT2D eigenvalue weighted by molar-refractivity contribution is 6.38. The first-order chi connectivity index (χ1) is 11.1. The number of nitrogens with zero attached hydrogens (tertiary/aromatic N) is 3. The zero-order valence-corrected chi connectivity index (χ0v) is 14.1. The number of halogens is 2. The van der Waals surface area contributed by atoms with Crippen LogP contribution in [0.1, 0.15) is 22.4 Å². The molecule has 118 valence electrons. The minimum atomic E-state index is 0.320.